The lowest BCUT2D eigenvalue weighted by atomic mass is 10.2. The molecule has 0 aliphatic carbocycles. The molecule has 0 spiro atoms. The molecule has 1 atom stereocenters. The van der Waals surface area contributed by atoms with E-state index in [-0.39, 0.29) is 23.4 Å². The molecule has 0 saturated heterocycles. The van der Waals surface area contributed by atoms with Crippen molar-refractivity contribution in [1.29, 1.82) is 0 Å². The highest BCUT2D eigenvalue weighted by molar-refractivity contribution is 8.14. The second-order valence-corrected chi connectivity index (χ2v) is 6.96. The number of hydrazone groups is 1. The van der Waals surface area contributed by atoms with Gasteiger partial charge in [0.15, 0.2) is 5.17 Å². The monoisotopic (exact) mass is 397 g/mol. The number of nitrogens with one attached hydrogen (secondary N) is 2. The van der Waals surface area contributed by atoms with Crippen molar-refractivity contribution < 1.29 is 14.0 Å². The number of amidine groups is 1. The van der Waals surface area contributed by atoms with E-state index >= 15 is 0 Å². The Bertz CT molecular complexity index is 949. The van der Waals surface area contributed by atoms with Gasteiger partial charge in [-0.1, -0.05) is 30.0 Å². The molecular weight excluding hydrogens is 381 g/mol. The van der Waals surface area contributed by atoms with Crippen LogP contribution in [0.4, 0.5) is 15.8 Å². The average molecular weight is 397 g/mol. The number of carbonyl (C=O) groups is 2. The molecule has 0 aromatic heterocycles. The highest BCUT2D eigenvalue weighted by Crippen LogP contribution is 2.25. The molecule has 2 amide bonds. The van der Waals surface area contributed by atoms with E-state index in [1.165, 1.54) is 36.0 Å². The summed E-state index contributed by atoms with van der Waals surface area (Å²) in [6, 6.07) is 14.9. The fourth-order valence-electron chi connectivity index (χ4n) is 2.78. The van der Waals surface area contributed by atoms with Crippen LogP contribution in [0.2, 0.25) is 0 Å². The zero-order valence-corrected chi connectivity index (χ0v) is 15.4. The van der Waals surface area contributed by atoms with Crippen molar-refractivity contribution in [3.05, 3.63) is 72.8 Å². The molecule has 2 N–H and O–H groups in total. The van der Waals surface area contributed by atoms with Crippen LogP contribution in [0.15, 0.2) is 72.1 Å². The lowest BCUT2D eigenvalue weighted by Crippen LogP contribution is -2.52. The van der Waals surface area contributed by atoms with Crippen molar-refractivity contribution in [2.24, 2.45) is 5.10 Å². The van der Waals surface area contributed by atoms with Crippen molar-refractivity contribution in [2.45, 2.75) is 6.17 Å². The van der Waals surface area contributed by atoms with Gasteiger partial charge in [0.05, 0.1) is 5.75 Å². The number of para-hydroxylation sites is 1. The lowest BCUT2D eigenvalue weighted by molar-refractivity contribution is -0.122. The largest absolute Gasteiger partial charge is 0.325 e. The molecule has 28 heavy (non-hydrogen) atoms. The molecule has 0 bridgehead atoms. The molecular formula is C19H16FN5O2S. The van der Waals surface area contributed by atoms with Crippen LogP contribution in [-0.2, 0) is 9.59 Å². The molecule has 1 unspecified atom stereocenters. The Kier molecular flexibility index (Phi) is 4.98. The van der Waals surface area contributed by atoms with E-state index < -0.39 is 6.17 Å². The van der Waals surface area contributed by atoms with Gasteiger partial charge in [-0.05, 0) is 36.4 Å². The standard InChI is InChI=1S/C19H16FN5O2S/c20-13-6-8-14(9-7-13)21-16(26)12-28-19-23-22-17-18(27)24(10-11-25(17)19)15-4-2-1-3-5-15/h1-11,17,22H,12H2,(H,21,26). The topological polar surface area (TPSA) is 77.0 Å². The van der Waals surface area contributed by atoms with Crippen molar-refractivity contribution in [2.75, 3.05) is 16.0 Å². The van der Waals surface area contributed by atoms with E-state index in [0.29, 0.717) is 10.9 Å². The fraction of sp³-hybridized carbons (Fsp3) is 0.105. The molecule has 142 valence electrons. The average Bonchev–Trinajstić information content (AvgIpc) is 3.13. The Morgan fingerprint density at radius 1 is 1.14 bits per heavy atom. The number of hydrogen-bond donors (Lipinski definition) is 2. The van der Waals surface area contributed by atoms with Gasteiger partial charge in [-0.25, -0.2) is 4.39 Å². The summed E-state index contributed by atoms with van der Waals surface area (Å²) in [5, 5.41) is 7.39. The van der Waals surface area contributed by atoms with Gasteiger partial charge in [0, 0.05) is 23.8 Å². The first-order valence-electron chi connectivity index (χ1n) is 8.48. The number of thioether (sulfide) groups is 1. The minimum absolute atomic E-state index is 0.103. The summed E-state index contributed by atoms with van der Waals surface area (Å²) in [5.41, 5.74) is 4.10. The van der Waals surface area contributed by atoms with E-state index in [4.69, 9.17) is 0 Å². The van der Waals surface area contributed by atoms with Gasteiger partial charge in [-0.3, -0.25) is 24.8 Å². The number of carbonyl (C=O) groups excluding carboxylic acids is 2. The van der Waals surface area contributed by atoms with Crippen LogP contribution in [0.25, 0.3) is 0 Å². The van der Waals surface area contributed by atoms with Gasteiger partial charge in [0.1, 0.15) is 5.82 Å². The third-order valence-electron chi connectivity index (χ3n) is 4.12. The highest BCUT2D eigenvalue weighted by atomic mass is 32.2. The molecule has 2 aliphatic rings. The highest BCUT2D eigenvalue weighted by Gasteiger charge is 2.38. The quantitative estimate of drug-likeness (QED) is 0.829. The van der Waals surface area contributed by atoms with Crippen molar-refractivity contribution in [3.8, 4) is 0 Å². The normalized spacial score (nSPS) is 17.8. The second-order valence-electron chi connectivity index (χ2n) is 6.02. The Labute approximate surface area is 164 Å². The predicted octanol–water partition coefficient (Wildman–Crippen LogP) is 2.52. The first-order valence-corrected chi connectivity index (χ1v) is 9.46. The summed E-state index contributed by atoms with van der Waals surface area (Å²) in [6.45, 7) is 0. The predicted molar refractivity (Wildman–Crippen MR) is 107 cm³/mol. The molecule has 0 fully saturated rings. The minimum atomic E-state index is -0.645. The molecule has 4 rings (SSSR count). The number of amides is 2. The Hall–Kier alpha value is -3.33. The molecule has 2 aliphatic heterocycles. The van der Waals surface area contributed by atoms with Crippen LogP contribution in [0.1, 0.15) is 0 Å². The van der Waals surface area contributed by atoms with Gasteiger partial charge in [-0.15, -0.1) is 0 Å². The van der Waals surface area contributed by atoms with Crippen LogP contribution >= 0.6 is 11.8 Å². The third kappa shape index (κ3) is 3.70. The first kappa shape index (κ1) is 18.1. The summed E-state index contributed by atoms with van der Waals surface area (Å²) in [5.74, 6) is -0.674. The van der Waals surface area contributed by atoms with Gasteiger partial charge in [0.2, 0.25) is 12.1 Å². The van der Waals surface area contributed by atoms with Gasteiger partial charge in [0.25, 0.3) is 5.91 Å². The summed E-state index contributed by atoms with van der Waals surface area (Å²) in [6.07, 6.45) is 2.78. The van der Waals surface area contributed by atoms with E-state index in [0.717, 1.165) is 5.69 Å². The van der Waals surface area contributed by atoms with E-state index in [1.54, 1.807) is 22.2 Å². The smallest absolute Gasteiger partial charge is 0.276 e. The zero-order chi connectivity index (χ0) is 19.5. The lowest BCUT2D eigenvalue weighted by Gasteiger charge is -2.31. The fourth-order valence-corrected chi connectivity index (χ4v) is 3.55. The van der Waals surface area contributed by atoms with Gasteiger partial charge < -0.3 is 5.32 Å². The number of anilines is 2. The maximum Gasteiger partial charge on any atom is 0.276 e. The van der Waals surface area contributed by atoms with Crippen molar-refractivity contribution in [3.63, 3.8) is 0 Å². The first-order chi connectivity index (χ1) is 13.6. The van der Waals surface area contributed by atoms with Crippen LogP contribution in [0, 0.1) is 5.82 Å². The molecule has 2 aromatic carbocycles. The molecule has 0 radical (unpaired) electrons. The molecule has 2 heterocycles. The van der Waals surface area contributed by atoms with Crippen LogP contribution in [-0.4, -0.2) is 33.8 Å². The summed E-state index contributed by atoms with van der Waals surface area (Å²) in [4.78, 5) is 28.1. The van der Waals surface area contributed by atoms with Gasteiger partial charge in [-0.2, -0.15) is 5.10 Å². The number of rotatable bonds is 4. The van der Waals surface area contributed by atoms with Crippen LogP contribution in [0.5, 0.6) is 0 Å². The number of fused-ring (bicyclic) bond motifs is 1. The van der Waals surface area contributed by atoms with Crippen LogP contribution < -0.4 is 15.6 Å². The van der Waals surface area contributed by atoms with Gasteiger partial charge >= 0.3 is 0 Å². The second kappa shape index (κ2) is 7.73. The Morgan fingerprint density at radius 3 is 2.64 bits per heavy atom. The van der Waals surface area contributed by atoms with E-state index in [1.807, 2.05) is 30.3 Å². The Balaban J connectivity index is 1.36. The van der Waals surface area contributed by atoms with Crippen LogP contribution in [0.3, 0.4) is 0 Å². The SMILES string of the molecule is O=C(CSC1=NNC2C(=O)N(c3ccccc3)C=CN12)Nc1ccc(F)cc1. The number of benzene rings is 2. The molecule has 0 saturated carbocycles. The maximum atomic E-state index is 12.9. The summed E-state index contributed by atoms with van der Waals surface area (Å²) < 4.78 is 12.9. The van der Waals surface area contributed by atoms with E-state index in [2.05, 4.69) is 15.8 Å². The van der Waals surface area contributed by atoms with Crippen molar-refractivity contribution >= 4 is 40.1 Å². The third-order valence-corrected chi connectivity index (χ3v) is 5.09. The Morgan fingerprint density at radius 2 is 1.89 bits per heavy atom. The number of hydrogen-bond acceptors (Lipinski definition) is 6. The summed E-state index contributed by atoms with van der Waals surface area (Å²) in [7, 11) is 0. The number of halogens is 1. The maximum absolute atomic E-state index is 12.9. The molecule has 2 aromatic rings. The van der Waals surface area contributed by atoms with Crippen molar-refractivity contribution in [1.82, 2.24) is 10.3 Å². The molecule has 7 nitrogen and oxygen atoms in total. The zero-order valence-electron chi connectivity index (χ0n) is 14.6. The van der Waals surface area contributed by atoms with E-state index in [9.17, 15) is 14.0 Å². The molecule has 9 heteroatoms. The summed E-state index contributed by atoms with van der Waals surface area (Å²) >= 11 is 1.20. The minimum Gasteiger partial charge on any atom is -0.325 e. The number of nitrogens with zero attached hydrogens (tertiary/aromatic N) is 3.